The van der Waals surface area contributed by atoms with Crippen molar-refractivity contribution in [2.45, 2.75) is 51.6 Å². The quantitative estimate of drug-likeness (QED) is 0.230. The summed E-state index contributed by atoms with van der Waals surface area (Å²) in [5, 5.41) is 21.8. The average Bonchev–Trinajstić information content (AvgIpc) is 3.55. The molecule has 45 heavy (non-hydrogen) atoms. The maximum atomic E-state index is 12.7. The molecule has 5 rings (SSSR count). The molecule has 0 fully saturated rings. The molecule has 3 heterocycles. The van der Waals surface area contributed by atoms with Crippen molar-refractivity contribution in [1.29, 1.82) is 0 Å². The number of aromatic nitrogens is 3. The second kappa shape index (κ2) is 13.2. The lowest BCUT2D eigenvalue weighted by atomic mass is 9.87. The number of rotatable bonds is 3. The number of amides is 1. The lowest BCUT2D eigenvalue weighted by Gasteiger charge is -2.18. The molecule has 0 spiro atoms. The molecule has 2 aromatic heterocycles. The van der Waals surface area contributed by atoms with Gasteiger partial charge in [-0.25, -0.2) is 19.1 Å². The molecule has 1 aliphatic rings. The molecule has 240 valence electrons. The molecule has 3 N–H and O–H groups in total. The van der Waals surface area contributed by atoms with E-state index in [2.05, 4.69) is 60.2 Å². The van der Waals surface area contributed by atoms with Gasteiger partial charge >= 0.3 is 24.3 Å². The molecule has 2 aromatic carbocycles. The number of halogens is 6. The number of aliphatic carboxylic acids is 2. The first-order chi connectivity index (χ1) is 20.8. The van der Waals surface area contributed by atoms with Gasteiger partial charge in [0.05, 0.1) is 6.20 Å². The molecule has 0 saturated heterocycles. The van der Waals surface area contributed by atoms with Gasteiger partial charge in [0.15, 0.2) is 11.5 Å². The summed E-state index contributed by atoms with van der Waals surface area (Å²) >= 11 is 0. The largest absolute Gasteiger partial charge is 0.490 e. The van der Waals surface area contributed by atoms with E-state index in [0.717, 1.165) is 18.9 Å². The van der Waals surface area contributed by atoms with E-state index in [4.69, 9.17) is 24.9 Å². The predicted molar refractivity (Wildman–Crippen MR) is 150 cm³/mol. The fourth-order valence-corrected chi connectivity index (χ4v) is 3.91. The second-order valence-corrected chi connectivity index (χ2v) is 10.6. The maximum absolute atomic E-state index is 12.7. The van der Waals surface area contributed by atoms with Crippen molar-refractivity contribution in [3.05, 3.63) is 89.1 Å². The number of fused-ring (bicyclic) bond motifs is 2. The Morgan fingerprint density at radius 3 is 1.71 bits per heavy atom. The van der Waals surface area contributed by atoms with Crippen LogP contribution in [0.1, 0.15) is 47.8 Å². The highest BCUT2D eigenvalue weighted by Crippen LogP contribution is 2.27. The molecule has 1 aliphatic heterocycles. The van der Waals surface area contributed by atoms with E-state index in [1.807, 2.05) is 36.4 Å². The van der Waals surface area contributed by atoms with Crippen LogP contribution in [0.15, 0.2) is 66.9 Å². The normalized spacial score (nSPS) is 12.8. The Hall–Kier alpha value is -5.15. The molecule has 4 aromatic rings. The Kier molecular flexibility index (Phi) is 10.1. The second-order valence-electron chi connectivity index (χ2n) is 10.6. The highest BCUT2D eigenvalue weighted by Gasteiger charge is 2.38. The van der Waals surface area contributed by atoms with E-state index in [9.17, 15) is 31.1 Å². The van der Waals surface area contributed by atoms with Gasteiger partial charge in [0.25, 0.3) is 5.91 Å². The SMILES string of the molecule is CC(C)(C)c1ccc(C(=O)Nc2cn3nc(N4Cc5ccccc5C4)ccc3n2)cc1.O=C(O)C(F)(F)F.O=C(O)C(F)(F)F. The number of imidazole rings is 1. The molecular weight excluding hydrogens is 612 g/mol. The molecule has 10 nitrogen and oxygen atoms in total. The zero-order chi connectivity index (χ0) is 33.7. The number of anilines is 2. The Morgan fingerprint density at radius 1 is 0.778 bits per heavy atom. The summed E-state index contributed by atoms with van der Waals surface area (Å²) in [6, 6.07) is 20.1. The zero-order valence-electron chi connectivity index (χ0n) is 23.9. The standard InChI is InChI=1S/C25H25N5O.2C2HF3O2/c1-25(2,3)20-10-8-17(9-11-20)24(31)27-21-16-30-22(26-21)12-13-23(28-30)29-14-18-6-4-5-7-19(18)15-29;2*3-2(4,5)1(6)7/h4-13,16H,14-15H2,1-3H3,(H,27,31);2*(H,6,7). The average molecular weight is 640 g/mol. The maximum Gasteiger partial charge on any atom is 0.490 e. The number of nitrogens with zero attached hydrogens (tertiary/aromatic N) is 4. The van der Waals surface area contributed by atoms with E-state index in [-0.39, 0.29) is 11.3 Å². The van der Waals surface area contributed by atoms with Crippen LogP contribution in [0.4, 0.5) is 38.0 Å². The van der Waals surface area contributed by atoms with Crippen LogP contribution >= 0.6 is 0 Å². The highest BCUT2D eigenvalue weighted by molar-refractivity contribution is 6.03. The number of alkyl halides is 6. The molecule has 0 bridgehead atoms. The van der Waals surface area contributed by atoms with Gasteiger partial charge in [0.2, 0.25) is 0 Å². The zero-order valence-corrected chi connectivity index (χ0v) is 23.9. The topological polar surface area (TPSA) is 137 Å². The summed E-state index contributed by atoms with van der Waals surface area (Å²) < 4.78 is 65.2. The number of hydrogen-bond donors (Lipinski definition) is 3. The highest BCUT2D eigenvalue weighted by atomic mass is 19.4. The Labute approximate surface area is 251 Å². The van der Waals surface area contributed by atoms with Crippen molar-refractivity contribution < 1.29 is 50.9 Å². The first-order valence-corrected chi connectivity index (χ1v) is 13.0. The van der Waals surface area contributed by atoms with Gasteiger partial charge in [-0.05, 0) is 46.4 Å². The monoisotopic (exact) mass is 639 g/mol. The van der Waals surface area contributed by atoms with E-state index >= 15 is 0 Å². The van der Waals surface area contributed by atoms with Crippen LogP contribution in [0.25, 0.3) is 5.65 Å². The minimum atomic E-state index is -5.08. The van der Waals surface area contributed by atoms with Crippen LogP contribution in [0, 0.1) is 0 Å². The molecule has 0 atom stereocenters. The van der Waals surface area contributed by atoms with Gasteiger partial charge < -0.3 is 20.4 Å². The van der Waals surface area contributed by atoms with E-state index in [0.29, 0.717) is 17.0 Å². The molecule has 16 heteroatoms. The van der Waals surface area contributed by atoms with Crippen LogP contribution in [0.5, 0.6) is 0 Å². The van der Waals surface area contributed by atoms with Gasteiger partial charge in [0.1, 0.15) is 5.82 Å². The fraction of sp³-hybridized carbons (Fsp3) is 0.276. The number of hydrogen-bond acceptors (Lipinski definition) is 6. The van der Waals surface area contributed by atoms with Crippen molar-refractivity contribution in [1.82, 2.24) is 14.6 Å². The number of nitrogens with one attached hydrogen (secondary N) is 1. The number of carboxylic acids is 2. The van der Waals surface area contributed by atoms with E-state index in [1.54, 1.807) is 10.7 Å². The van der Waals surface area contributed by atoms with Crippen LogP contribution in [-0.4, -0.2) is 55.0 Å². The van der Waals surface area contributed by atoms with E-state index < -0.39 is 24.3 Å². The van der Waals surface area contributed by atoms with Crippen molar-refractivity contribution in [3.63, 3.8) is 0 Å². The van der Waals surface area contributed by atoms with Crippen molar-refractivity contribution in [2.24, 2.45) is 0 Å². The molecule has 1 amide bonds. The smallest absolute Gasteiger partial charge is 0.475 e. The van der Waals surface area contributed by atoms with Crippen molar-refractivity contribution in [2.75, 3.05) is 10.2 Å². The summed E-state index contributed by atoms with van der Waals surface area (Å²) in [7, 11) is 0. The van der Waals surface area contributed by atoms with Crippen LogP contribution < -0.4 is 10.2 Å². The van der Waals surface area contributed by atoms with Gasteiger partial charge in [-0.15, -0.1) is 5.10 Å². The minimum Gasteiger partial charge on any atom is -0.475 e. The molecule has 0 unspecified atom stereocenters. The first-order valence-electron chi connectivity index (χ1n) is 13.0. The Bertz CT molecular complexity index is 1630. The Balaban J connectivity index is 0.000000331. The third kappa shape index (κ3) is 9.42. The minimum absolute atomic E-state index is 0.0523. The molecular formula is C29H27F6N5O5. The third-order valence-electron chi connectivity index (χ3n) is 6.21. The first kappa shape index (κ1) is 34.3. The van der Waals surface area contributed by atoms with Gasteiger partial charge in [0, 0.05) is 18.7 Å². The summed E-state index contributed by atoms with van der Waals surface area (Å²) in [5.41, 5.74) is 5.21. The number of carboxylic acid groups (broad SMARTS) is 2. The summed E-state index contributed by atoms with van der Waals surface area (Å²) in [5.74, 6) is -4.32. The molecule has 0 aliphatic carbocycles. The Morgan fingerprint density at radius 2 is 1.27 bits per heavy atom. The van der Waals surface area contributed by atoms with Crippen molar-refractivity contribution in [3.8, 4) is 0 Å². The lowest BCUT2D eigenvalue weighted by Crippen LogP contribution is -2.21. The van der Waals surface area contributed by atoms with Crippen LogP contribution in [0.2, 0.25) is 0 Å². The van der Waals surface area contributed by atoms with Gasteiger partial charge in [-0.1, -0.05) is 57.2 Å². The molecule has 0 radical (unpaired) electrons. The third-order valence-corrected chi connectivity index (χ3v) is 6.21. The van der Waals surface area contributed by atoms with Crippen molar-refractivity contribution >= 4 is 35.1 Å². The number of benzene rings is 2. The predicted octanol–water partition coefficient (Wildman–Crippen LogP) is 6.07. The van der Waals surface area contributed by atoms with E-state index in [1.165, 1.54) is 16.7 Å². The summed E-state index contributed by atoms with van der Waals surface area (Å²) in [6.45, 7) is 8.15. The van der Waals surface area contributed by atoms with Crippen LogP contribution in [-0.2, 0) is 28.1 Å². The number of carbonyl (C=O) groups excluding carboxylic acids is 1. The number of carbonyl (C=O) groups is 3. The summed E-state index contributed by atoms with van der Waals surface area (Å²) in [6.07, 6.45) is -8.41. The lowest BCUT2D eigenvalue weighted by molar-refractivity contribution is -0.193. The van der Waals surface area contributed by atoms with Gasteiger partial charge in [-0.2, -0.15) is 26.3 Å². The molecule has 0 saturated carbocycles. The van der Waals surface area contributed by atoms with Crippen LogP contribution in [0.3, 0.4) is 0 Å². The summed E-state index contributed by atoms with van der Waals surface area (Å²) in [4.78, 5) is 37.2. The fourth-order valence-electron chi connectivity index (χ4n) is 3.91. The van der Waals surface area contributed by atoms with Gasteiger partial charge in [-0.3, -0.25) is 4.79 Å².